The number of aromatic nitrogens is 3. The number of nitrogens with zero attached hydrogens (tertiary/aromatic N) is 4. The van der Waals surface area contributed by atoms with Crippen molar-refractivity contribution in [3.63, 3.8) is 0 Å². The molecule has 1 atom stereocenters. The Hall–Kier alpha value is -2.97. The lowest BCUT2D eigenvalue weighted by Crippen LogP contribution is -2.40. The molecule has 1 amide bonds. The number of anilines is 2. The number of hydrogen-bond donors (Lipinski definition) is 1. The summed E-state index contributed by atoms with van der Waals surface area (Å²) in [6, 6.07) is 13.4. The first-order valence-electron chi connectivity index (χ1n) is 9.99. The Morgan fingerprint density at radius 2 is 2.06 bits per heavy atom. The fraction of sp³-hybridized carbons (Fsp3) is 0.227. The number of hydrogen-bond acceptors (Lipinski definition) is 5. The number of rotatable bonds is 4. The Balaban J connectivity index is 1.30. The summed E-state index contributed by atoms with van der Waals surface area (Å²) < 4.78 is 14.9. The van der Waals surface area contributed by atoms with E-state index >= 15 is 0 Å². The number of benzene rings is 2. The molecule has 0 saturated carbocycles. The molecule has 1 aliphatic heterocycles. The third-order valence-corrected chi connectivity index (χ3v) is 6.55. The van der Waals surface area contributed by atoms with Crippen LogP contribution in [0.3, 0.4) is 0 Å². The number of imidazole rings is 1. The van der Waals surface area contributed by atoms with E-state index in [4.69, 9.17) is 11.6 Å². The minimum absolute atomic E-state index is 0.00750. The Morgan fingerprint density at radius 3 is 2.84 bits per heavy atom. The quantitative estimate of drug-likeness (QED) is 0.464. The first kappa shape index (κ1) is 20.0. The van der Waals surface area contributed by atoms with E-state index in [0.717, 1.165) is 40.7 Å². The average molecular weight is 456 g/mol. The van der Waals surface area contributed by atoms with Gasteiger partial charge >= 0.3 is 0 Å². The molecule has 2 aromatic heterocycles. The maximum Gasteiger partial charge on any atom is 0.229 e. The van der Waals surface area contributed by atoms with Crippen molar-refractivity contribution in [3.8, 4) is 11.3 Å². The predicted molar refractivity (Wildman–Crippen MR) is 121 cm³/mol. The Bertz CT molecular complexity index is 1210. The molecule has 0 bridgehead atoms. The van der Waals surface area contributed by atoms with E-state index in [-0.39, 0.29) is 17.6 Å². The smallest absolute Gasteiger partial charge is 0.229 e. The molecule has 1 N–H and O–H groups in total. The third kappa shape index (κ3) is 4.26. The van der Waals surface area contributed by atoms with Gasteiger partial charge in [-0.3, -0.25) is 4.79 Å². The van der Waals surface area contributed by atoms with Gasteiger partial charge in [-0.15, -0.1) is 5.10 Å². The van der Waals surface area contributed by atoms with Gasteiger partial charge in [0.1, 0.15) is 5.82 Å². The molecule has 1 fully saturated rings. The van der Waals surface area contributed by atoms with Crippen LogP contribution in [-0.2, 0) is 4.79 Å². The molecule has 1 saturated heterocycles. The lowest BCUT2D eigenvalue weighted by molar-refractivity contribution is -0.120. The van der Waals surface area contributed by atoms with Gasteiger partial charge in [0.15, 0.2) is 0 Å². The van der Waals surface area contributed by atoms with Crippen molar-refractivity contribution in [1.82, 2.24) is 14.6 Å². The van der Waals surface area contributed by atoms with Gasteiger partial charge in [0.25, 0.3) is 0 Å². The number of fused-ring (bicyclic) bond motifs is 1. The van der Waals surface area contributed by atoms with Crippen LogP contribution in [-0.4, -0.2) is 33.6 Å². The first-order valence-corrected chi connectivity index (χ1v) is 11.2. The number of piperidine rings is 1. The molecule has 31 heavy (non-hydrogen) atoms. The van der Waals surface area contributed by atoms with Crippen molar-refractivity contribution < 1.29 is 9.18 Å². The molecule has 0 unspecified atom stereocenters. The number of amides is 1. The van der Waals surface area contributed by atoms with Crippen LogP contribution in [0.1, 0.15) is 12.8 Å². The van der Waals surface area contributed by atoms with Crippen LogP contribution in [0.25, 0.3) is 16.2 Å². The average Bonchev–Trinajstić information content (AvgIpc) is 3.34. The van der Waals surface area contributed by atoms with Crippen molar-refractivity contribution in [2.45, 2.75) is 12.8 Å². The molecule has 0 aliphatic carbocycles. The molecule has 9 heteroatoms. The predicted octanol–water partition coefficient (Wildman–Crippen LogP) is 5.11. The number of halogens is 2. The maximum absolute atomic E-state index is 13.2. The Morgan fingerprint density at radius 1 is 1.23 bits per heavy atom. The minimum atomic E-state index is -0.274. The van der Waals surface area contributed by atoms with Crippen molar-refractivity contribution in [2.24, 2.45) is 5.92 Å². The molecule has 0 spiro atoms. The maximum atomic E-state index is 13.2. The fourth-order valence-corrected chi connectivity index (χ4v) is 4.86. The van der Waals surface area contributed by atoms with Crippen LogP contribution in [0, 0.1) is 11.7 Å². The minimum Gasteiger partial charge on any atom is -0.346 e. The first-order chi connectivity index (χ1) is 15.0. The molecule has 3 heterocycles. The van der Waals surface area contributed by atoms with E-state index in [1.807, 2.05) is 18.3 Å². The van der Waals surface area contributed by atoms with Gasteiger partial charge in [-0.1, -0.05) is 29.0 Å². The van der Waals surface area contributed by atoms with E-state index in [0.29, 0.717) is 17.3 Å². The van der Waals surface area contributed by atoms with Crippen LogP contribution in [0.4, 0.5) is 15.2 Å². The summed E-state index contributed by atoms with van der Waals surface area (Å²) >= 11 is 7.50. The zero-order valence-corrected chi connectivity index (χ0v) is 18.0. The molecule has 1 aliphatic rings. The SMILES string of the molecule is O=C(Nc1cccc(Cl)c1)[C@H]1CCCN(c2nn3cc(-c4ccc(F)cc4)nc3s2)C1. The second-order valence-electron chi connectivity index (χ2n) is 7.53. The van der Waals surface area contributed by atoms with E-state index in [1.165, 1.54) is 23.5 Å². The second kappa shape index (κ2) is 8.28. The summed E-state index contributed by atoms with van der Waals surface area (Å²) in [5.74, 6) is -0.408. The van der Waals surface area contributed by atoms with Crippen molar-refractivity contribution in [2.75, 3.05) is 23.3 Å². The Kier molecular flexibility index (Phi) is 5.33. The van der Waals surface area contributed by atoms with E-state index < -0.39 is 0 Å². The summed E-state index contributed by atoms with van der Waals surface area (Å²) in [6.07, 6.45) is 3.59. The molecular weight excluding hydrogens is 437 g/mol. The highest BCUT2D eigenvalue weighted by Gasteiger charge is 2.28. The van der Waals surface area contributed by atoms with Crippen LogP contribution < -0.4 is 10.2 Å². The van der Waals surface area contributed by atoms with Gasteiger partial charge in [0.2, 0.25) is 16.0 Å². The fourth-order valence-electron chi connectivity index (χ4n) is 3.75. The lowest BCUT2D eigenvalue weighted by atomic mass is 9.97. The second-order valence-corrected chi connectivity index (χ2v) is 8.90. The van der Waals surface area contributed by atoms with Gasteiger partial charge in [0.05, 0.1) is 17.8 Å². The lowest BCUT2D eigenvalue weighted by Gasteiger charge is -2.31. The van der Waals surface area contributed by atoms with E-state index in [1.54, 1.807) is 28.8 Å². The van der Waals surface area contributed by atoms with Crippen LogP contribution in [0.2, 0.25) is 5.02 Å². The number of carbonyl (C=O) groups is 1. The summed E-state index contributed by atoms with van der Waals surface area (Å²) in [6.45, 7) is 1.45. The molecule has 4 aromatic rings. The van der Waals surface area contributed by atoms with Crippen molar-refractivity contribution in [1.29, 1.82) is 0 Å². The van der Waals surface area contributed by atoms with Gasteiger partial charge in [0, 0.05) is 29.4 Å². The molecule has 2 aromatic carbocycles. The van der Waals surface area contributed by atoms with Gasteiger partial charge in [-0.2, -0.15) is 0 Å². The van der Waals surface area contributed by atoms with Crippen LogP contribution >= 0.6 is 22.9 Å². The standard InChI is InChI=1S/C22H19ClFN5OS/c23-16-4-1-5-18(11-16)25-20(30)15-3-2-10-28(12-15)22-27-29-13-19(26-21(29)31-22)14-6-8-17(24)9-7-14/h1,4-9,11,13,15H,2-3,10,12H2,(H,25,30)/t15-/m0/s1. The van der Waals surface area contributed by atoms with Gasteiger partial charge in [-0.25, -0.2) is 13.9 Å². The molecule has 5 rings (SSSR count). The normalized spacial score (nSPS) is 16.6. The van der Waals surface area contributed by atoms with E-state index in [9.17, 15) is 9.18 Å². The largest absolute Gasteiger partial charge is 0.346 e. The molecule has 158 valence electrons. The topological polar surface area (TPSA) is 62.5 Å². The summed E-state index contributed by atoms with van der Waals surface area (Å²) in [5.41, 5.74) is 2.30. The molecular formula is C22H19ClFN5OS. The zero-order chi connectivity index (χ0) is 21.4. The monoisotopic (exact) mass is 455 g/mol. The van der Waals surface area contributed by atoms with Crippen LogP contribution in [0.15, 0.2) is 54.7 Å². The zero-order valence-electron chi connectivity index (χ0n) is 16.5. The van der Waals surface area contributed by atoms with E-state index in [2.05, 4.69) is 20.3 Å². The third-order valence-electron chi connectivity index (χ3n) is 5.33. The Labute approximate surface area is 187 Å². The summed E-state index contributed by atoms with van der Waals surface area (Å²) in [5, 5.41) is 9.06. The summed E-state index contributed by atoms with van der Waals surface area (Å²) in [4.78, 5) is 20.3. The molecule has 0 radical (unpaired) electrons. The molecule has 6 nitrogen and oxygen atoms in total. The van der Waals surface area contributed by atoms with Gasteiger partial charge in [-0.05, 0) is 55.3 Å². The summed E-state index contributed by atoms with van der Waals surface area (Å²) in [7, 11) is 0. The van der Waals surface area contributed by atoms with Crippen molar-refractivity contribution >= 4 is 44.6 Å². The van der Waals surface area contributed by atoms with Gasteiger partial charge < -0.3 is 10.2 Å². The highest BCUT2D eigenvalue weighted by molar-refractivity contribution is 7.20. The van der Waals surface area contributed by atoms with Crippen LogP contribution in [0.5, 0.6) is 0 Å². The highest BCUT2D eigenvalue weighted by atomic mass is 35.5. The highest BCUT2D eigenvalue weighted by Crippen LogP contribution is 2.30. The number of carbonyl (C=O) groups excluding carboxylic acids is 1. The van der Waals surface area contributed by atoms with Crippen molar-refractivity contribution in [3.05, 3.63) is 65.6 Å². The number of nitrogens with one attached hydrogen (secondary N) is 1.